The van der Waals surface area contributed by atoms with Gasteiger partial charge in [0.15, 0.2) is 0 Å². The number of carbonyl (C=O) groups is 1. The summed E-state index contributed by atoms with van der Waals surface area (Å²) in [6.45, 7) is 1.72. The molecule has 102 valence electrons. The third-order valence-electron chi connectivity index (χ3n) is 2.41. The monoisotopic (exact) mass is 275 g/mol. The van der Waals surface area contributed by atoms with Gasteiger partial charge in [-0.15, -0.1) is 0 Å². The summed E-state index contributed by atoms with van der Waals surface area (Å²) in [7, 11) is -0.748. The lowest BCUT2D eigenvalue weighted by Crippen LogP contribution is -2.34. The number of aliphatic hydroxyl groups is 1. The van der Waals surface area contributed by atoms with Crippen LogP contribution in [0.5, 0.6) is 0 Å². The summed E-state index contributed by atoms with van der Waals surface area (Å²) in [4.78, 5) is 13.2. The zero-order valence-corrected chi connectivity index (χ0v) is 11.3. The summed E-state index contributed by atoms with van der Waals surface area (Å²) in [6.07, 6.45) is 0.621. The molecule has 18 heavy (non-hydrogen) atoms. The average Bonchev–Trinajstić information content (AvgIpc) is 2.57. The first-order chi connectivity index (χ1) is 8.12. The summed E-state index contributed by atoms with van der Waals surface area (Å²) in [5.41, 5.74) is 0.196. The van der Waals surface area contributed by atoms with Crippen molar-refractivity contribution >= 4 is 15.9 Å². The van der Waals surface area contributed by atoms with Gasteiger partial charge in [-0.2, -0.15) is 0 Å². The van der Waals surface area contributed by atoms with Gasteiger partial charge in [-0.25, -0.2) is 13.6 Å². The third kappa shape index (κ3) is 3.31. The van der Waals surface area contributed by atoms with Crippen molar-refractivity contribution in [1.82, 2.24) is 9.47 Å². The molecule has 7 nitrogen and oxygen atoms in total. The van der Waals surface area contributed by atoms with Crippen molar-refractivity contribution < 1.29 is 18.3 Å². The Hall–Kier alpha value is -1.38. The number of rotatable bonds is 4. The summed E-state index contributed by atoms with van der Waals surface area (Å²) < 4.78 is 23.7. The predicted molar refractivity (Wildman–Crippen MR) is 65.4 cm³/mol. The van der Waals surface area contributed by atoms with E-state index in [2.05, 4.69) is 0 Å². The Kier molecular flexibility index (Phi) is 4.15. The smallest absolute Gasteiger partial charge is 0.270 e. The highest BCUT2D eigenvalue weighted by molar-refractivity contribution is 7.89. The minimum absolute atomic E-state index is 0.112. The number of aliphatic hydroxyl groups excluding tert-OH is 1. The molecule has 1 rings (SSSR count). The maximum Gasteiger partial charge on any atom is 0.270 e. The molecule has 1 heterocycles. The Morgan fingerprint density at radius 3 is 2.56 bits per heavy atom. The van der Waals surface area contributed by atoms with Crippen LogP contribution >= 0.6 is 0 Å². The summed E-state index contributed by atoms with van der Waals surface area (Å²) in [6, 6.07) is 1.22. The summed E-state index contributed by atoms with van der Waals surface area (Å²) in [5, 5.41) is 14.2. The van der Waals surface area contributed by atoms with E-state index in [0.29, 0.717) is 0 Å². The molecule has 1 unspecified atom stereocenters. The minimum Gasteiger partial charge on any atom is -0.392 e. The van der Waals surface area contributed by atoms with Crippen molar-refractivity contribution in [2.45, 2.75) is 17.9 Å². The maximum absolute atomic E-state index is 12.0. The van der Waals surface area contributed by atoms with Crippen molar-refractivity contribution in [3.63, 3.8) is 0 Å². The van der Waals surface area contributed by atoms with E-state index in [9.17, 15) is 18.3 Å². The fourth-order valence-corrected chi connectivity index (χ4v) is 2.16. The van der Waals surface area contributed by atoms with E-state index in [4.69, 9.17) is 5.14 Å². The number of amides is 1. The number of hydrogen-bond acceptors (Lipinski definition) is 4. The molecule has 0 saturated heterocycles. The summed E-state index contributed by atoms with van der Waals surface area (Å²) >= 11 is 0. The number of carbonyl (C=O) groups excluding carboxylic acids is 1. The van der Waals surface area contributed by atoms with Gasteiger partial charge >= 0.3 is 0 Å². The van der Waals surface area contributed by atoms with E-state index in [1.807, 2.05) is 0 Å². The molecule has 1 aromatic rings. The SMILES string of the molecule is CC(O)CN(C)C(=O)c1cc(S(N)(=O)=O)cn1C. The van der Waals surface area contributed by atoms with Crippen LogP contribution < -0.4 is 5.14 Å². The second kappa shape index (κ2) is 5.09. The molecule has 1 aromatic heterocycles. The van der Waals surface area contributed by atoms with Gasteiger partial charge in [-0.3, -0.25) is 4.79 Å². The number of aryl methyl sites for hydroxylation is 1. The van der Waals surface area contributed by atoms with E-state index in [1.54, 1.807) is 14.0 Å². The molecule has 1 amide bonds. The summed E-state index contributed by atoms with van der Waals surface area (Å²) in [5.74, 6) is -0.381. The van der Waals surface area contributed by atoms with Crippen molar-refractivity contribution in [3.05, 3.63) is 18.0 Å². The average molecular weight is 275 g/mol. The second-order valence-corrected chi connectivity index (χ2v) is 5.81. The zero-order chi connectivity index (χ0) is 14.1. The molecule has 1 atom stereocenters. The highest BCUT2D eigenvalue weighted by Gasteiger charge is 2.20. The van der Waals surface area contributed by atoms with Crippen molar-refractivity contribution in [1.29, 1.82) is 0 Å². The third-order valence-corrected chi connectivity index (χ3v) is 3.29. The van der Waals surface area contributed by atoms with Gasteiger partial charge in [0.05, 0.1) is 6.10 Å². The fraction of sp³-hybridized carbons (Fsp3) is 0.500. The van der Waals surface area contributed by atoms with Crippen LogP contribution in [0.15, 0.2) is 17.2 Å². The van der Waals surface area contributed by atoms with Crippen LogP contribution in [-0.2, 0) is 17.1 Å². The number of nitrogens with zero attached hydrogens (tertiary/aromatic N) is 2. The lowest BCUT2D eigenvalue weighted by atomic mass is 10.3. The van der Waals surface area contributed by atoms with E-state index >= 15 is 0 Å². The standard InChI is InChI=1S/C10H17N3O4S/c1-7(14)5-13(3)10(15)9-4-8(6-12(9)2)18(11,16)17/h4,6-7,14H,5H2,1-3H3,(H2,11,16,17). The van der Waals surface area contributed by atoms with Crippen molar-refractivity contribution in [2.75, 3.05) is 13.6 Å². The van der Waals surface area contributed by atoms with Gasteiger partial charge in [0.25, 0.3) is 5.91 Å². The second-order valence-electron chi connectivity index (χ2n) is 4.25. The first-order valence-corrected chi connectivity index (χ1v) is 6.80. The minimum atomic E-state index is -3.83. The Labute approximate surface area is 106 Å². The van der Waals surface area contributed by atoms with Gasteiger partial charge in [-0.1, -0.05) is 0 Å². The lowest BCUT2D eigenvalue weighted by Gasteiger charge is -2.18. The van der Waals surface area contributed by atoms with E-state index in [-0.39, 0.29) is 23.0 Å². The molecule has 0 fully saturated rings. The number of aromatic nitrogens is 1. The molecule has 0 radical (unpaired) electrons. The molecule has 0 aliphatic carbocycles. The molecule has 0 bridgehead atoms. The molecule has 3 N–H and O–H groups in total. The Morgan fingerprint density at radius 1 is 1.61 bits per heavy atom. The first kappa shape index (κ1) is 14.7. The first-order valence-electron chi connectivity index (χ1n) is 5.25. The highest BCUT2D eigenvalue weighted by Crippen LogP contribution is 2.13. The van der Waals surface area contributed by atoms with Gasteiger partial charge in [-0.05, 0) is 13.0 Å². The van der Waals surface area contributed by atoms with Crippen molar-refractivity contribution in [2.24, 2.45) is 12.2 Å². The van der Waals surface area contributed by atoms with Gasteiger partial charge in [0.1, 0.15) is 10.6 Å². The molecule has 8 heteroatoms. The number of hydrogen-bond donors (Lipinski definition) is 2. The van der Waals surface area contributed by atoms with Crippen LogP contribution in [0.25, 0.3) is 0 Å². The van der Waals surface area contributed by atoms with Crippen LogP contribution in [0.4, 0.5) is 0 Å². The van der Waals surface area contributed by atoms with Crippen LogP contribution in [-0.4, -0.2) is 48.6 Å². The zero-order valence-electron chi connectivity index (χ0n) is 10.5. The largest absolute Gasteiger partial charge is 0.392 e. The number of primary sulfonamides is 1. The fourth-order valence-electron chi connectivity index (χ4n) is 1.58. The maximum atomic E-state index is 12.0. The van der Waals surface area contributed by atoms with Crippen LogP contribution in [0, 0.1) is 0 Å². The van der Waals surface area contributed by atoms with E-state index in [0.717, 1.165) is 0 Å². The number of likely N-dealkylation sites (N-methyl/N-ethyl adjacent to an activating group) is 1. The van der Waals surface area contributed by atoms with Crippen LogP contribution in [0.2, 0.25) is 0 Å². The predicted octanol–water partition coefficient (Wildman–Crippen LogP) is -0.875. The Balaban J connectivity index is 3.04. The normalized spacial score (nSPS) is 13.4. The highest BCUT2D eigenvalue weighted by atomic mass is 32.2. The van der Waals surface area contributed by atoms with Crippen molar-refractivity contribution in [3.8, 4) is 0 Å². The number of nitrogens with two attached hydrogens (primary N) is 1. The molecular weight excluding hydrogens is 258 g/mol. The molecule has 0 saturated carbocycles. The molecule has 0 aliphatic heterocycles. The number of sulfonamides is 1. The van der Waals surface area contributed by atoms with Gasteiger partial charge < -0.3 is 14.6 Å². The lowest BCUT2D eigenvalue weighted by molar-refractivity contribution is 0.0694. The molecule has 0 aromatic carbocycles. The Bertz CT molecular complexity index is 547. The van der Waals surface area contributed by atoms with Crippen LogP contribution in [0.1, 0.15) is 17.4 Å². The molecule has 0 aliphatic rings. The van der Waals surface area contributed by atoms with Gasteiger partial charge in [0.2, 0.25) is 10.0 Å². The van der Waals surface area contributed by atoms with E-state index in [1.165, 1.54) is 28.8 Å². The molecular formula is C10H17N3O4S. The van der Waals surface area contributed by atoms with Gasteiger partial charge in [0, 0.05) is 26.8 Å². The quantitative estimate of drug-likeness (QED) is 0.744. The van der Waals surface area contributed by atoms with Crippen LogP contribution in [0.3, 0.4) is 0 Å². The molecule has 0 spiro atoms. The topological polar surface area (TPSA) is 106 Å². The Morgan fingerprint density at radius 2 is 2.17 bits per heavy atom. The van der Waals surface area contributed by atoms with E-state index < -0.39 is 16.1 Å².